The van der Waals surface area contributed by atoms with Gasteiger partial charge in [0.05, 0.1) is 18.1 Å². The van der Waals surface area contributed by atoms with Gasteiger partial charge in [-0.25, -0.2) is 0 Å². The first-order chi connectivity index (χ1) is 7.56. The van der Waals surface area contributed by atoms with E-state index in [1.807, 2.05) is 43.1 Å². The van der Waals surface area contributed by atoms with Crippen LogP contribution in [0.3, 0.4) is 0 Å². The third-order valence-corrected chi connectivity index (χ3v) is 2.57. The lowest BCUT2D eigenvalue weighted by molar-refractivity contribution is 0.199. The molecular weight excluding hydrogens is 200 g/mol. The van der Waals surface area contributed by atoms with Gasteiger partial charge >= 0.3 is 0 Å². The summed E-state index contributed by atoms with van der Waals surface area (Å²) < 4.78 is 0. The molecule has 0 spiro atoms. The first-order valence-electron chi connectivity index (χ1n) is 5.44. The van der Waals surface area contributed by atoms with E-state index in [1.165, 1.54) is 0 Å². The summed E-state index contributed by atoms with van der Waals surface area (Å²) in [5, 5.41) is 18.4. The quantitative estimate of drug-likeness (QED) is 0.843. The molecule has 0 heterocycles. The fraction of sp³-hybridized carbons (Fsp3) is 0.462. The summed E-state index contributed by atoms with van der Waals surface area (Å²) in [6, 6.07) is 9.93. The van der Waals surface area contributed by atoms with E-state index in [0.29, 0.717) is 6.54 Å². The maximum absolute atomic E-state index is 9.65. The van der Waals surface area contributed by atoms with Crippen molar-refractivity contribution in [3.8, 4) is 6.07 Å². The Morgan fingerprint density at radius 2 is 2.00 bits per heavy atom. The molecule has 0 bridgehead atoms. The first kappa shape index (κ1) is 12.5. The maximum Gasteiger partial charge on any atom is 0.0781 e. The van der Waals surface area contributed by atoms with Gasteiger partial charge in [-0.15, -0.1) is 0 Å². The molecule has 0 saturated carbocycles. The number of para-hydroxylation sites is 1. The fourth-order valence-electron chi connectivity index (χ4n) is 1.74. The normalized spacial score (nSPS) is 13.9. The highest BCUT2D eigenvalue weighted by molar-refractivity contribution is 5.54. The van der Waals surface area contributed by atoms with E-state index < -0.39 is 6.10 Å². The molecular formula is C13H18N2O. The molecule has 3 nitrogen and oxygen atoms in total. The molecule has 0 fully saturated rings. The van der Waals surface area contributed by atoms with E-state index >= 15 is 0 Å². The molecule has 3 heteroatoms. The summed E-state index contributed by atoms with van der Waals surface area (Å²) in [6.45, 7) is 4.31. The van der Waals surface area contributed by atoms with Gasteiger partial charge in [0.25, 0.3) is 0 Å². The second-order valence-corrected chi connectivity index (χ2v) is 4.15. The molecule has 16 heavy (non-hydrogen) atoms. The third-order valence-electron chi connectivity index (χ3n) is 2.57. The zero-order valence-corrected chi connectivity index (χ0v) is 10.0. The average Bonchev–Trinajstić information content (AvgIpc) is 2.28. The SMILES string of the molecule is CC(C#N)CN(C)c1ccccc1[C@H](C)O. The Morgan fingerprint density at radius 3 is 2.56 bits per heavy atom. The van der Waals surface area contributed by atoms with Crippen LogP contribution in [0.2, 0.25) is 0 Å². The van der Waals surface area contributed by atoms with E-state index in [0.717, 1.165) is 11.3 Å². The van der Waals surface area contributed by atoms with Crippen molar-refractivity contribution in [2.45, 2.75) is 20.0 Å². The minimum absolute atomic E-state index is 0.0212. The second kappa shape index (κ2) is 5.53. The zero-order valence-electron chi connectivity index (χ0n) is 10.0. The third kappa shape index (κ3) is 2.98. The Morgan fingerprint density at radius 1 is 1.38 bits per heavy atom. The zero-order chi connectivity index (χ0) is 12.1. The van der Waals surface area contributed by atoms with Crippen molar-refractivity contribution >= 4 is 5.69 Å². The monoisotopic (exact) mass is 218 g/mol. The van der Waals surface area contributed by atoms with Crippen molar-refractivity contribution in [2.24, 2.45) is 5.92 Å². The van der Waals surface area contributed by atoms with E-state index in [4.69, 9.17) is 5.26 Å². The summed E-state index contributed by atoms with van der Waals surface area (Å²) >= 11 is 0. The van der Waals surface area contributed by atoms with Crippen molar-refractivity contribution in [1.29, 1.82) is 5.26 Å². The van der Waals surface area contributed by atoms with Crippen LogP contribution in [-0.2, 0) is 0 Å². The van der Waals surface area contributed by atoms with Crippen molar-refractivity contribution in [3.63, 3.8) is 0 Å². The minimum atomic E-state index is -0.490. The van der Waals surface area contributed by atoms with Gasteiger partial charge in [-0.1, -0.05) is 18.2 Å². The molecule has 0 aromatic heterocycles. The first-order valence-corrected chi connectivity index (χ1v) is 5.44. The van der Waals surface area contributed by atoms with Crippen molar-refractivity contribution in [2.75, 3.05) is 18.5 Å². The lowest BCUT2D eigenvalue weighted by Crippen LogP contribution is -2.24. The molecule has 1 aromatic carbocycles. The number of benzene rings is 1. The molecule has 86 valence electrons. The van der Waals surface area contributed by atoms with Crippen LogP contribution in [0.15, 0.2) is 24.3 Å². The van der Waals surface area contributed by atoms with Gasteiger partial charge in [0.2, 0.25) is 0 Å². The van der Waals surface area contributed by atoms with Crippen molar-refractivity contribution in [1.82, 2.24) is 0 Å². The average molecular weight is 218 g/mol. The van der Waals surface area contributed by atoms with Gasteiger partial charge in [0.1, 0.15) is 0 Å². The van der Waals surface area contributed by atoms with Crippen LogP contribution in [0, 0.1) is 17.2 Å². The molecule has 1 unspecified atom stereocenters. The lowest BCUT2D eigenvalue weighted by atomic mass is 10.1. The number of hydrogen-bond donors (Lipinski definition) is 1. The molecule has 1 N–H and O–H groups in total. The second-order valence-electron chi connectivity index (χ2n) is 4.15. The van der Waals surface area contributed by atoms with Crippen LogP contribution < -0.4 is 4.90 Å². The molecule has 0 aliphatic heterocycles. The van der Waals surface area contributed by atoms with Gasteiger partial charge in [-0.3, -0.25) is 0 Å². The van der Waals surface area contributed by atoms with Crippen LogP contribution in [0.4, 0.5) is 5.69 Å². The number of hydrogen-bond acceptors (Lipinski definition) is 3. The predicted molar refractivity (Wildman–Crippen MR) is 65.1 cm³/mol. The molecule has 1 rings (SSSR count). The van der Waals surface area contributed by atoms with Crippen LogP contribution in [0.25, 0.3) is 0 Å². The smallest absolute Gasteiger partial charge is 0.0781 e. The van der Waals surface area contributed by atoms with E-state index in [9.17, 15) is 5.11 Å². The lowest BCUT2D eigenvalue weighted by Gasteiger charge is -2.24. The fourth-order valence-corrected chi connectivity index (χ4v) is 1.74. The molecule has 1 aromatic rings. The molecule has 0 radical (unpaired) electrons. The van der Waals surface area contributed by atoms with Crippen LogP contribution in [-0.4, -0.2) is 18.7 Å². The topological polar surface area (TPSA) is 47.3 Å². The summed E-state index contributed by atoms with van der Waals surface area (Å²) in [4.78, 5) is 2.01. The summed E-state index contributed by atoms with van der Waals surface area (Å²) in [7, 11) is 1.94. The van der Waals surface area contributed by atoms with E-state index in [2.05, 4.69) is 6.07 Å². The highest BCUT2D eigenvalue weighted by atomic mass is 16.3. The summed E-state index contributed by atoms with van der Waals surface area (Å²) in [6.07, 6.45) is -0.490. The minimum Gasteiger partial charge on any atom is -0.389 e. The Kier molecular flexibility index (Phi) is 4.33. The number of rotatable bonds is 4. The molecule has 0 aliphatic rings. The highest BCUT2D eigenvalue weighted by Gasteiger charge is 2.12. The van der Waals surface area contributed by atoms with Gasteiger partial charge in [-0.05, 0) is 19.9 Å². The van der Waals surface area contributed by atoms with Gasteiger partial charge in [0, 0.05) is 24.8 Å². The Balaban J connectivity index is 2.91. The van der Waals surface area contributed by atoms with Crippen molar-refractivity contribution < 1.29 is 5.11 Å². The van der Waals surface area contributed by atoms with Crippen LogP contribution in [0.5, 0.6) is 0 Å². The number of nitrogens with zero attached hydrogens (tertiary/aromatic N) is 2. The van der Waals surface area contributed by atoms with Gasteiger partial charge in [0.15, 0.2) is 0 Å². The summed E-state index contributed by atoms with van der Waals surface area (Å²) in [5.41, 5.74) is 1.88. The molecule has 0 aliphatic carbocycles. The van der Waals surface area contributed by atoms with Crippen molar-refractivity contribution in [3.05, 3.63) is 29.8 Å². The number of aliphatic hydroxyl groups is 1. The largest absolute Gasteiger partial charge is 0.389 e. The Bertz CT molecular complexity index is 382. The van der Waals surface area contributed by atoms with E-state index in [1.54, 1.807) is 6.92 Å². The maximum atomic E-state index is 9.65. The molecule has 0 amide bonds. The van der Waals surface area contributed by atoms with Crippen LogP contribution in [0.1, 0.15) is 25.5 Å². The Hall–Kier alpha value is -1.53. The highest BCUT2D eigenvalue weighted by Crippen LogP contribution is 2.25. The van der Waals surface area contributed by atoms with E-state index in [-0.39, 0.29) is 5.92 Å². The van der Waals surface area contributed by atoms with Crippen LogP contribution >= 0.6 is 0 Å². The number of nitriles is 1. The Labute approximate surface area is 96.9 Å². The number of anilines is 1. The number of aliphatic hydroxyl groups excluding tert-OH is 1. The van der Waals surface area contributed by atoms with Gasteiger partial charge < -0.3 is 10.0 Å². The molecule has 2 atom stereocenters. The standard InChI is InChI=1S/C13H18N2O/c1-10(8-14)9-15(3)13-7-5-4-6-12(13)11(2)16/h4-7,10-11,16H,9H2,1-3H3/t10?,11-/m0/s1. The predicted octanol–water partition coefficient (Wildman–Crippen LogP) is 2.34. The van der Waals surface area contributed by atoms with Gasteiger partial charge in [-0.2, -0.15) is 5.26 Å². The molecule has 0 saturated heterocycles. The summed E-state index contributed by atoms with van der Waals surface area (Å²) in [5.74, 6) is -0.0212.